The minimum absolute atomic E-state index is 0.0419. The van der Waals surface area contributed by atoms with Gasteiger partial charge in [0.15, 0.2) is 0 Å². The Kier molecular flexibility index (Phi) is 7.17. The second-order valence-electron chi connectivity index (χ2n) is 6.89. The number of methoxy groups -OCH3 is 1. The highest BCUT2D eigenvalue weighted by Gasteiger charge is 2.27. The predicted octanol–water partition coefficient (Wildman–Crippen LogP) is 3.83. The van der Waals surface area contributed by atoms with Crippen molar-refractivity contribution in [2.24, 2.45) is 5.92 Å². The van der Waals surface area contributed by atoms with E-state index in [1.165, 1.54) is 13.2 Å². The number of hydrogen-bond donors (Lipinski definition) is 0. The van der Waals surface area contributed by atoms with Crippen LogP contribution < -0.4 is 0 Å². The molecule has 1 aliphatic rings. The molecule has 2 aromatic carbocycles. The Balaban J connectivity index is 1.52. The zero-order valence-electron chi connectivity index (χ0n) is 16.1. The monoisotopic (exact) mass is 459 g/mol. The number of halogens is 1. The van der Waals surface area contributed by atoms with E-state index in [0.29, 0.717) is 37.9 Å². The van der Waals surface area contributed by atoms with Gasteiger partial charge in [-0.05, 0) is 42.7 Å². The fourth-order valence-corrected chi connectivity index (χ4v) is 3.73. The van der Waals surface area contributed by atoms with Crippen molar-refractivity contribution in [2.75, 3.05) is 20.2 Å². The summed E-state index contributed by atoms with van der Waals surface area (Å²) in [6.07, 6.45) is 1.67. The molecule has 0 radical (unpaired) electrons. The number of hydroxylamine groups is 2. The SMILES string of the molecule is COC(=O)c1cccc(C(=O)ON2CCC(C(=O)Cc3ccccc3Br)CC2)c1. The van der Waals surface area contributed by atoms with Gasteiger partial charge in [0.25, 0.3) is 0 Å². The summed E-state index contributed by atoms with van der Waals surface area (Å²) in [4.78, 5) is 42.0. The third kappa shape index (κ3) is 5.52. The van der Waals surface area contributed by atoms with Crippen molar-refractivity contribution in [1.29, 1.82) is 0 Å². The minimum Gasteiger partial charge on any atom is -0.465 e. The molecule has 0 atom stereocenters. The highest BCUT2D eigenvalue weighted by atomic mass is 79.9. The summed E-state index contributed by atoms with van der Waals surface area (Å²) in [5.41, 5.74) is 1.55. The average Bonchev–Trinajstić information content (AvgIpc) is 2.75. The number of ketones is 1. The maximum atomic E-state index is 12.6. The number of carbonyl (C=O) groups is 3. The summed E-state index contributed by atoms with van der Waals surface area (Å²) < 4.78 is 5.61. The van der Waals surface area contributed by atoms with Gasteiger partial charge < -0.3 is 9.57 Å². The summed E-state index contributed by atoms with van der Waals surface area (Å²) in [5, 5.41) is 1.58. The number of ether oxygens (including phenoxy) is 1. The van der Waals surface area contributed by atoms with E-state index in [1.807, 2.05) is 24.3 Å². The summed E-state index contributed by atoms with van der Waals surface area (Å²) in [7, 11) is 1.29. The number of benzene rings is 2. The van der Waals surface area contributed by atoms with Crippen LogP contribution >= 0.6 is 15.9 Å². The molecule has 0 spiro atoms. The van der Waals surface area contributed by atoms with E-state index in [9.17, 15) is 14.4 Å². The van der Waals surface area contributed by atoms with E-state index in [1.54, 1.807) is 23.3 Å². The fourth-order valence-electron chi connectivity index (χ4n) is 3.30. The maximum Gasteiger partial charge on any atom is 0.357 e. The Hall–Kier alpha value is -2.51. The van der Waals surface area contributed by atoms with Gasteiger partial charge in [-0.3, -0.25) is 4.79 Å². The van der Waals surface area contributed by atoms with E-state index < -0.39 is 11.9 Å². The number of hydrogen-bond acceptors (Lipinski definition) is 6. The molecular weight excluding hydrogens is 438 g/mol. The molecule has 1 fully saturated rings. The van der Waals surface area contributed by atoms with Gasteiger partial charge in [0, 0.05) is 29.9 Å². The van der Waals surface area contributed by atoms with Crippen LogP contribution in [0.1, 0.15) is 39.1 Å². The molecule has 3 rings (SSSR count). The van der Waals surface area contributed by atoms with Crippen molar-refractivity contribution >= 4 is 33.7 Å². The minimum atomic E-state index is -0.534. The van der Waals surface area contributed by atoms with Gasteiger partial charge in [-0.15, -0.1) is 5.06 Å². The Bertz CT molecular complexity index is 906. The smallest absolute Gasteiger partial charge is 0.357 e. The lowest BCUT2D eigenvalue weighted by Crippen LogP contribution is -2.38. The van der Waals surface area contributed by atoms with Crippen molar-refractivity contribution in [2.45, 2.75) is 19.3 Å². The first-order valence-electron chi connectivity index (χ1n) is 9.39. The van der Waals surface area contributed by atoms with Crippen LogP contribution in [0.5, 0.6) is 0 Å². The molecular formula is C22H22BrNO5. The normalized spacial score (nSPS) is 15.0. The highest BCUT2D eigenvalue weighted by molar-refractivity contribution is 9.10. The van der Waals surface area contributed by atoms with Gasteiger partial charge in [-0.2, -0.15) is 0 Å². The Morgan fingerprint density at radius 2 is 1.66 bits per heavy atom. The van der Waals surface area contributed by atoms with Crippen molar-refractivity contribution in [3.63, 3.8) is 0 Å². The number of Topliss-reactive ketones (excluding diaryl/α,β-unsaturated/α-hetero) is 1. The molecule has 0 saturated carbocycles. The molecule has 7 heteroatoms. The van der Waals surface area contributed by atoms with Gasteiger partial charge >= 0.3 is 11.9 Å². The van der Waals surface area contributed by atoms with Crippen molar-refractivity contribution in [3.05, 3.63) is 69.7 Å². The summed E-state index contributed by atoms with van der Waals surface area (Å²) in [6.45, 7) is 0.990. The van der Waals surface area contributed by atoms with Crippen LogP contribution in [0.4, 0.5) is 0 Å². The Morgan fingerprint density at radius 3 is 2.31 bits per heavy atom. The van der Waals surface area contributed by atoms with Crippen LogP contribution in [0.25, 0.3) is 0 Å². The van der Waals surface area contributed by atoms with E-state index >= 15 is 0 Å². The lowest BCUT2D eigenvalue weighted by atomic mass is 9.90. The van der Waals surface area contributed by atoms with Crippen molar-refractivity contribution in [3.8, 4) is 0 Å². The van der Waals surface area contributed by atoms with Gasteiger partial charge in [-0.1, -0.05) is 40.2 Å². The Morgan fingerprint density at radius 1 is 1.00 bits per heavy atom. The first-order valence-corrected chi connectivity index (χ1v) is 10.2. The quantitative estimate of drug-likeness (QED) is 0.611. The van der Waals surface area contributed by atoms with Crippen LogP contribution in [0, 0.1) is 5.92 Å². The number of nitrogens with zero attached hydrogens (tertiary/aromatic N) is 1. The molecule has 0 unspecified atom stereocenters. The molecule has 0 amide bonds. The van der Waals surface area contributed by atoms with Gasteiger partial charge in [0.2, 0.25) is 0 Å². The van der Waals surface area contributed by atoms with Crippen molar-refractivity contribution < 1.29 is 24.0 Å². The molecule has 1 saturated heterocycles. The summed E-state index contributed by atoms with van der Waals surface area (Å²) >= 11 is 3.48. The molecule has 1 heterocycles. The lowest BCUT2D eigenvalue weighted by Gasteiger charge is -2.29. The van der Waals surface area contributed by atoms with E-state index in [0.717, 1.165) is 10.0 Å². The average molecular weight is 460 g/mol. The van der Waals surface area contributed by atoms with Crippen LogP contribution in [-0.4, -0.2) is 43.0 Å². The zero-order valence-corrected chi connectivity index (χ0v) is 17.7. The summed E-state index contributed by atoms with van der Waals surface area (Å²) in [5.74, 6) is -0.883. The topological polar surface area (TPSA) is 72.9 Å². The predicted molar refractivity (Wildman–Crippen MR) is 110 cm³/mol. The van der Waals surface area contributed by atoms with Crippen LogP contribution in [0.3, 0.4) is 0 Å². The van der Waals surface area contributed by atoms with Gasteiger partial charge in [0.05, 0.1) is 18.2 Å². The molecule has 0 aliphatic carbocycles. The second kappa shape index (κ2) is 9.80. The van der Waals surface area contributed by atoms with Crippen LogP contribution in [0.15, 0.2) is 53.0 Å². The standard InChI is InChI=1S/C22H22BrNO5/c1-28-21(26)17-6-4-7-18(13-17)22(27)29-24-11-9-15(10-12-24)20(25)14-16-5-2-3-8-19(16)23/h2-8,13,15H,9-12,14H2,1H3. The van der Waals surface area contributed by atoms with E-state index in [4.69, 9.17) is 4.84 Å². The number of rotatable bonds is 6. The van der Waals surface area contributed by atoms with E-state index in [-0.39, 0.29) is 17.3 Å². The molecule has 29 heavy (non-hydrogen) atoms. The van der Waals surface area contributed by atoms with Gasteiger partial charge in [-0.25, -0.2) is 9.59 Å². The summed E-state index contributed by atoms with van der Waals surface area (Å²) in [6, 6.07) is 13.9. The number of carbonyl (C=O) groups excluding carboxylic acids is 3. The molecule has 1 aliphatic heterocycles. The lowest BCUT2D eigenvalue weighted by molar-refractivity contribution is -0.138. The highest BCUT2D eigenvalue weighted by Crippen LogP contribution is 2.23. The third-order valence-corrected chi connectivity index (χ3v) is 5.74. The molecule has 0 bridgehead atoms. The molecule has 0 N–H and O–H groups in total. The Labute approximate surface area is 177 Å². The molecule has 0 aromatic heterocycles. The largest absolute Gasteiger partial charge is 0.465 e. The molecule has 152 valence electrons. The third-order valence-electron chi connectivity index (χ3n) is 4.96. The zero-order chi connectivity index (χ0) is 20.8. The first-order chi connectivity index (χ1) is 14.0. The number of piperidine rings is 1. The number of esters is 1. The maximum absolute atomic E-state index is 12.6. The van der Waals surface area contributed by atoms with Crippen LogP contribution in [0.2, 0.25) is 0 Å². The van der Waals surface area contributed by atoms with Crippen LogP contribution in [-0.2, 0) is 20.8 Å². The van der Waals surface area contributed by atoms with E-state index in [2.05, 4.69) is 20.7 Å². The molecule has 2 aromatic rings. The second-order valence-corrected chi connectivity index (χ2v) is 7.74. The molecule has 6 nitrogen and oxygen atoms in total. The fraction of sp³-hybridized carbons (Fsp3) is 0.318. The van der Waals surface area contributed by atoms with Crippen molar-refractivity contribution in [1.82, 2.24) is 5.06 Å². The van der Waals surface area contributed by atoms with Gasteiger partial charge in [0.1, 0.15) is 5.78 Å². The first kappa shape index (κ1) is 21.2.